The van der Waals surface area contributed by atoms with Crippen LogP contribution in [-0.2, 0) is 0 Å². The molecule has 0 N–H and O–H groups in total. The molecule has 1 aliphatic carbocycles. The highest BCUT2D eigenvalue weighted by molar-refractivity contribution is 5.34. The largest absolute Gasteiger partial charge is 0.458 e. The molecule has 0 amide bonds. The molecule has 2 rings (SSSR count). The highest BCUT2D eigenvalue weighted by Gasteiger charge is 2.10. The van der Waals surface area contributed by atoms with Crippen LogP contribution >= 0.6 is 0 Å². The minimum Gasteiger partial charge on any atom is -0.458 e. The van der Waals surface area contributed by atoms with Gasteiger partial charge in [-0.05, 0) is 30.7 Å². The number of nitriles is 1. The van der Waals surface area contributed by atoms with Crippen LogP contribution in [0.4, 0.5) is 0 Å². The van der Waals surface area contributed by atoms with Crippen molar-refractivity contribution in [3.63, 3.8) is 0 Å². The van der Waals surface area contributed by atoms with Gasteiger partial charge in [0.15, 0.2) is 0 Å². The van der Waals surface area contributed by atoms with E-state index in [9.17, 15) is 0 Å². The molecule has 0 spiro atoms. The number of benzene rings is 1. The Morgan fingerprint density at radius 2 is 2.06 bits per heavy atom. The summed E-state index contributed by atoms with van der Waals surface area (Å²) in [6.07, 6.45) is 7.20. The van der Waals surface area contributed by atoms with Crippen LogP contribution in [-0.4, -0.2) is 0 Å². The van der Waals surface area contributed by atoms with Crippen LogP contribution in [0.1, 0.15) is 12.8 Å². The molecule has 2 nitrogen and oxygen atoms in total. The molecule has 0 aliphatic heterocycles. The molecule has 1 aromatic rings. The van der Waals surface area contributed by atoms with Crippen molar-refractivity contribution < 1.29 is 4.74 Å². The van der Waals surface area contributed by atoms with Crippen molar-refractivity contribution in [1.29, 1.82) is 5.26 Å². The van der Waals surface area contributed by atoms with E-state index in [0.29, 0.717) is 6.42 Å². The molecular weight excluding hydrogens is 198 g/mol. The minimum atomic E-state index is 0.464. The van der Waals surface area contributed by atoms with Gasteiger partial charge in [-0.1, -0.05) is 24.3 Å². The zero-order valence-corrected chi connectivity index (χ0v) is 8.89. The van der Waals surface area contributed by atoms with E-state index in [-0.39, 0.29) is 0 Å². The van der Waals surface area contributed by atoms with E-state index >= 15 is 0 Å². The van der Waals surface area contributed by atoms with Gasteiger partial charge >= 0.3 is 0 Å². The van der Waals surface area contributed by atoms with Gasteiger partial charge < -0.3 is 4.74 Å². The van der Waals surface area contributed by atoms with Gasteiger partial charge in [0.1, 0.15) is 11.5 Å². The first-order valence-electron chi connectivity index (χ1n) is 5.21. The summed E-state index contributed by atoms with van der Waals surface area (Å²) in [6.45, 7) is 0. The molecule has 0 bridgehead atoms. The monoisotopic (exact) mass is 210 g/mol. The Kier molecular flexibility index (Phi) is 3.40. The van der Waals surface area contributed by atoms with E-state index in [1.165, 1.54) is 0 Å². The number of ether oxygens (including phenoxy) is 1. The van der Waals surface area contributed by atoms with Crippen molar-refractivity contribution in [3.8, 4) is 11.8 Å². The summed E-state index contributed by atoms with van der Waals surface area (Å²) >= 11 is 0. The van der Waals surface area contributed by atoms with Gasteiger partial charge in [0.2, 0.25) is 0 Å². The summed E-state index contributed by atoms with van der Waals surface area (Å²) in [4.78, 5) is 0. The predicted molar refractivity (Wildman–Crippen MR) is 62.4 cm³/mol. The standard InChI is InChI=1S/C14H12NO/c15-10-9-12-5-4-8-14(11-12)16-13-6-2-1-3-7-13/h1-4,6-8,11H,5,9H2. The third-order valence-corrected chi connectivity index (χ3v) is 2.29. The van der Waals surface area contributed by atoms with Crippen molar-refractivity contribution in [3.05, 3.63) is 60.2 Å². The Morgan fingerprint density at radius 1 is 1.25 bits per heavy atom. The number of hydrogen-bond donors (Lipinski definition) is 0. The number of rotatable bonds is 3. The summed E-state index contributed by atoms with van der Waals surface area (Å²) in [5.41, 5.74) is 0. The van der Waals surface area contributed by atoms with E-state index in [1.807, 2.05) is 48.6 Å². The van der Waals surface area contributed by atoms with Gasteiger partial charge in [-0.2, -0.15) is 5.26 Å². The fraction of sp³-hybridized carbons (Fsp3) is 0.143. The smallest absolute Gasteiger partial charge is 0.127 e. The Balaban J connectivity index is 2.05. The molecule has 1 aromatic carbocycles. The number of allylic oxidation sites excluding steroid dienone is 3. The summed E-state index contributed by atoms with van der Waals surface area (Å²) in [5, 5.41) is 8.63. The zero-order valence-electron chi connectivity index (χ0n) is 8.89. The zero-order chi connectivity index (χ0) is 11.2. The fourth-order valence-corrected chi connectivity index (χ4v) is 1.55. The Hall–Kier alpha value is -2.01. The second-order valence-electron chi connectivity index (χ2n) is 3.56. The minimum absolute atomic E-state index is 0.464. The lowest BCUT2D eigenvalue weighted by Crippen LogP contribution is -2.01. The van der Waals surface area contributed by atoms with Crippen LogP contribution in [0.25, 0.3) is 0 Å². The molecule has 79 valence electrons. The molecule has 0 saturated heterocycles. The molecule has 0 aromatic heterocycles. The molecule has 0 saturated carbocycles. The quantitative estimate of drug-likeness (QED) is 0.766. The fourth-order valence-electron chi connectivity index (χ4n) is 1.55. The van der Waals surface area contributed by atoms with Gasteiger partial charge in [0.25, 0.3) is 0 Å². The normalized spacial score (nSPS) is 15.3. The predicted octanol–water partition coefficient (Wildman–Crippen LogP) is 3.40. The lowest BCUT2D eigenvalue weighted by Gasteiger charge is -2.14. The van der Waals surface area contributed by atoms with Gasteiger partial charge in [-0.3, -0.25) is 0 Å². The van der Waals surface area contributed by atoms with Crippen molar-refractivity contribution in [2.75, 3.05) is 0 Å². The second-order valence-corrected chi connectivity index (χ2v) is 3.56. The lowest BCUT2D eigenvalue weighted by atomic mass is 9.97. The van der Waals surface area contributed by atoms with Gasteiger partial charge in [0.05, 0.1) is 6.07 Å². The third-order valence-electron chi connectivity index (χ3n) is 2.29. The maximum Gasteiger partial charge on any atom is 0.127 e. The van der Waals surface area contributed by atoms with Gasteiger partial charge in [-0.25, -0.2) is 0 Å². The van der Waals surface area contributed by atoms with Gasteiger partial charge in [0, 0.05) is 12.3 Å². The van der Waals surface area contributed by atoms with Crippen LogP contribution in [0.5, 0.6) is 5.75 Å². The van der Waals surface area contributed by atoms with Crippen LogP contribution in [0.3, 0.4) is 0 Å². The summed E-state index contributed by atoms with van der Waals surface area (Å²) in [6, 6.07) is 11.8. The third kappa shape index (κ3) is 2.74. The molecule has 2 heteroatoms. The van der Waals surface area contributed by atoms with Crippen molar-refractivity contribution >= 4 is 0 Å². The van der Waals surface area contributed by atoms with Crippen LogP contribution < -0.4 is 4.74 Å². The van der Waals surface area contributed by atoms with Crippen molar-refractivity contribution in [1.82, 2.24) is 0 Å². The highest BCUT2D eigenvalue weighted by atomic mass is 16.5. The van der Waals surface area contributed by atoms with E-state index in [1.54, 1.807) is 0 Å². The maximum absolute atomic E-state index is 8.63. The summed E-state index contributed by atoms with van der Waals surface area (Å²) in [7, 11) is 0. The first-order valence-corrected chi connectivity index (χ1v) is 5.21. The lowest BCUT2D eigenvalue weighted by molar-refractivity contribution is 0.440. The molecule has 0 fully saturated rings. The Morgan fingerprint density at radius 3 is 2.81 bits per heavy atom. The number of hydrogen-bond acceptors (Lipinski definition) is 2. The molecule has 0 atom stereocenters. The van der Waals surface area contributed by atoms with E-state index in [2.05, 4.69) is 6.07 Å². The molecular formula is C14H12NO. The Labute approximate surface area is 95.5 Å². The van der Waals surface area contributed by atoms with Crippen molar-refractivity contribution in [2.45, 2.75) is 12.8 Å². The highest BCUT2D eigenvalue weighted by Crippen LogP contribution is 2.23. The first-order chi connectivity index (χ1) is 7.88. The van der Waals surface area contributed by atoms with Crippen LogP contribution in [0, 0.1) is 17.2 Å². The molecule has 16 heavy (non-hydrogen) atoms. The maximum atomic E-state index is 8.63. The van der Waals surface area contributed by atoms with Gasteiger partial charge in [-0.15, -0.1) is 0 Å². The summed E-state index contributed by atoms with van der Waals surface area (Å²) < 4.78 is 5.68. The van der Waals surface area contributed by atoms with E-state index in [4.69, 9.17) is 10.00 Å². The van der Waals surface area contributed by atoms with Crippen LogP contribution in [0.2, 0.25) is 0 Å². The van der Waals surface area contributed by atoms with Crippen LogP contribution in [0.15, 0.2) is 54.3 Å². The Bertz CT molecular complexity index is 440. The topological polar surface area (TPSA) is 33.0 Å². The van der Waals surface area contributed by atoms with E-state index < -0.39 is 0 Å². The average Bonchev–Trinajstić information content (AvgIpc) is 2.31. The van der Waals surface area contributed by atoms with E-state index in [0.717, 1.165) is 23.8 Å². The van der Waals surface area contributed by atoms with Crippen molar-refractivity contribution in [2.24, 2.45) is 0 Å². The molecule has 0 heterocycles. The number of nitrogens with zero attached hydrogens (tertiary/aromatic N) is 1. The number of para-hydroxylation sites is 1. The first kappa shape index (κ1) is 10.5. The molecule has 1 aliphatic rings. The SMILES string of the molecule is N#CC[C]1C=C(Oc2ccccc2)C=CC1. The molecule has 1 radical (unpaired) electrons. The average molecular weight is 210 g/mol. The second kappa shape index (κ2) is 5.18. The summed E-state index contributed by atoms with van der Waals surface area (Å²) in [5.74, 6) is 2.70. The molecule has 0 unspecified atom stereocenters.